The lowest BCUT2D eigenvalue weighted by atomic mass is 10.1. The van der Waals surface area contributed by atoms with Gasteiger partial charge in [0.1, 0.15) is 0 Å². The Morgan fingerprint density at radius 3 is 2.75 bits per heavy atom. The van der Waals surface area contributed by atoms with Crippen LogP contribution in [0.15, 0.2) is 22.5 Å². The Labute approximate surface area is 168 Å². The number of guanidine groups is 1. The number of halogens is 1. The third kappa shape index (κ3) is 8.67. The van der Waals surface area contributed by atoms with E-state index < -0.39 is 0 Å². The first-order valence-electron chi connectivity index (χ1n) is 9.05. The van der Waals surface area contributed by atoms with Crippen LogP contribution in [0.25, 0.3) is 0 Å². The highest BCUT2D eigenvalue weighted by molar-refractivity contribution is 14.0. The molecule has 2 heterocycles. The topological polar surface area (TPSA) is 39.7 Å². The van der Waals surface area contributed by atoms with Crippen molar-refractivity contribution in [2.24, 2.45) is 10.9 Å². The van der Waals surface area contributed by atoms with Gasteiger partial charge in [-0.3, -0.25) is 4.99 Å². The zero-order valence-corrected chi connectivity index (χ0v) is 18.2. The first kappa shape index (κ1) is 21.7. The Hall–Kier alpha value is -0.340. The van der Waals surface area contributed by atoms with Crippen LogP contribution in [-0.4, -0.2) is 50.1 Å². The predicted octanol–water partition coefficient (Wildman–Crippen LogP) is 3.59. The number of nitrogens with one attached hydrogen (secondary N) is 2. The average Bonchev–Trinajstić information content (AvgIpc) is 3.07. The molecule has 4 nitrogen and oxygen atoms in total. The van der Waals surface area contributed by atoms with Crippen molar-refractivity contribution in [1.82, 2.24) is 15.5 Å². The van der Waals surface area contributed by atoms with Crippen LogP contribution < -0.4 is 10.6 Å². The number of nitrogens with zero attached hydrogens (tertiary/aromatic N) is 2. The van der Waals surface area contributed by atoms with Crippen LogP contribution >= 0.6 is 35.3 Å². The standard InChI is InChI=1S/C18H32N4S.HI/c1-3-19-18(20-10-9-17-8-7-13-23-17)21-14-16(2)15-22-11-5-4-6-12-22;/h7-8,13,16H,3-6,9-12,14-15H2,1-2H3,(H2,19,20,21);1H. The van der Waals surface area contributed by atoms with Gasteiger partial charge in [0.15, 0.2) is 5.96 Å². The Kier molecular flexibility index (Phi) is 11.7. The summed E-state index contributed by atoms with van der Waals surface area (Å²) in [5, 5.41) is 8.94. The Balaban J connectivity index is 0.00000288. The van der Waals surface area contributed by atoms with Gasteiger partial charge in [0.25, 0.3) is 0 Å². The third-order valence-corrected chi connectivity index (χ3v) is 5.10. The summed E-state index contributed by atoms with van der Waals surface area (Å²) in [4.78, 5) is 8.79. The van der Waals surface area contributed by atoms with Gasteiger partial charge in [-0.2, -0.15) is 0 Å². The average molecular weight is 464 g/mol. The molecule has 1 aromatic heterocycles. The van der Waals surface area contributed by atoms with Crippen LogP contribution in [0.5, 0.6) is 0 Å². The number of thiophene rings is 1. The Morgan fingerprint density at radius 2 is 2.08 bits per heavy atom. The van der Waals surface area contributed by atoms with Crippen LogP contribution in [-0.2, 0) is 6.42 Å². The summed E-state index contributed by atoms with van der Waals surface area (Å²) in [6.07, 6.45) is 5.19. The van der Waals surface area contributed by atoms with Gasteiger partial charge < -0.3 is 15.5 Å². The number of rotatable bonds is 8. The van der Waals surface area contributed by atoms with E-state index >= 15 is 0 Å². The molecule has 0 aliphatic carbocycles. The monoisotopic (exact) mass is 464 g/mol. The molecule has 1 saturated heterocycles. The van der Waals surface area contributed by atoms with Gasteiger partial charge >= 0.3 is 0 Å². The summed E-state index contributed by atoms with van der Waals surface area (Å²) in [5.41, 5.74) is 0. The van der Waals surface area contributed by atoms with Crippen LogP contribution in [0.4, 0.5) is 0 Å². The molecule has 0 saturated carbocycles. The highest BCUT2D eigenvalue weighted by atomic mass is 127. The van der Waals surface area contributed by atoms with Gasteiger partial charge in [-0.1, -0.05) is 19.4 Å². The quantitative estimate of drug-likeness (QED) is 0.351. The number of likely N-dealkylation sites (tertiary alicyclic amines) is 1. The summed E-state index contributed by atoms with van der Waals surface area (Å²) in [6.45, 7) is 10.9. The molecule has 2 rings (SSSR count). The first-order valence-corrected chi connectivity index (χ1v) is 9.92. The maximum Gasteiger partial charge on any atom is 0.191 e. The van der Waals surface area contributed by atoms with E-state index in [1.165, 1.54) is 43.8 Å². The van der Waals surface area contributed by atoms with E-state index in [4.69, 9.17) is 4.99 Å². The van der Waals surface area contributed by atoms with Gasteiger partial charge in [0, 0.05) is 31.1 Å². The lowest BCUT2D eigenvalue weighted by molar-refractivity contribution is 0.203. The highest BCUT2D eigenvalue weighted by Crippen LogP contribution is 2.11. The van der Waals surface area contributed by atoms with Crippen LogP contribution in [0.1, 0.15) is 38.0 Å². The zero-order chi connectivity index (χ0) is 16.3. The summed E-state index contributed by atoms with van der Waals surface area (Å²) < 4.78 is 0. The fourth-order valence-electron chi connectivity index (χ4n) is 2.99. The molecule has 0 radical (unpaired) electrons. The van der Waals surface area contributed by atoms with Crippen molar-refractivity contribution in [3.05, 3.63) is 22.4 Å². The molecule has 1 aromatic rings. The number of hydrogen-bond acceptors (Lipinski definition) is 3. The minimum atomic E-state index is 0. The minimum Gasteiger partial charge on any atom is -0.357 e. The predicted molar refractivity (Wildman–Crippen MR) is 117 cm³/mol. The van der Waals surface area contributed by atoms with E-state index in [9.17, 15) is 0 Å². The van der Waals surface area contributed by atoms with Crippen molar-refractivity contribution in [3.8, 4) is 0 Å². The molecule has 0 amide bonds. The summed E-state index contributed by atoms with van der Waals surface area (Å²) in [5.74, 6) is 1.57. The Morgan fingerprint density at radius 1 is 1.29 bits per heavy atom. The molecular formula is C18H33IN4S. The molecule has 0 spiro atoms. The summed E-state index contributed by atoms with van der Waals surface area (Å²) >= 11 is 1.82. The van der Waals surface area contributed by atoms with Crippen molar-refractivity contribution in [1.29, 1.82) is 0 Å². The molecule has 0 aromatic carbocycles. The molecule has 1 aliphatic rings. The van der Waals surface area contributed by atoms with Crippen molar-refractivity contribution in [2.75, 3.05) is 39.3 Å². The van der Waals surface area contributed by atoms with Gasteiger partial charge in [-0.25, -0.2) is 0 Å². The maximum absolute atomic E-state index is 4.77. The minimum absolute atomic E-state index is 0. The molecule has 138 valence electrons. The second-order valence-corrected chi connectivity index (χ2v) is 7.47. The molecule has 1 aliphatic heterocycles. The molecule has 6 heteroatoms. The third-order valence-electron chi connectivity index (χ3n) is 4.17. The van der Waals surface area contributed by atoms with Gasteiger partial charge in [0.05, 0.1) is 0 Å². The SMILES string of the molecule is CCNC(=NCC(C)CN1CCCCC1)NCCc1cccs1.I. The summed E-state index contributed by atoms with van der Waals surface area (Å²) in [7, 11) is 0. The zero-order valence-electron chi connectivity index (χ0n) is 15.1. The lowest BCUT2D eigenvalue weighted by Gasteiger charge is -2.28. The molecule has 24 heavy (non-hydrogen) atoms. The highest BCUT2D eigenvalue weighted by Gasteiger charge is 2.13. The van der Waals surface area contributed by atoms with Crippen LogP contribution in [0.3, 0.4) is 0 Å². The first-order chi connectivity index (χ1) is 11.3. The van der Waals surface area contributed by atoms with Crippen molar-refractivity contribution in [3.63, 3.8) is 0 Å². The fraction of sp³-hybridized carbons (Fsp3) is 0.722. The number of aliphatic imine (C=N–C) groups is 1. The van der Waals surface area contributed by atoms with E-state index in [1.54, 1.807) is 0 Å². The largest absolute Gasteiger partial charge is 0.357 e. The Bertz CT molecular complexity index is 444. The van der Waals surface area contributed by atoms with Crippen LogP contribution in [0.2, 0.25) is 0 Å². The molecular weight excluding hydrogens is 431 g/mol. The second-order valence-electron chi connectivity index (χ2n) is 6.44. The lowest BCUT2D eigenvalue weighted by Crippen LogP contribution is -2.39. The molecule has 0 bridgehead atoms. The van der Waals surface area contributed by atoms with Gasteiger partial charge in [-0.05, 0) is 56.6 Å². The van der Waals surface area contributed by atoms with Gasteiger partial charge in [-0.15, -0.1) is 35.3 Å². The van der Waals surface area contributed by atoms with Crippen molar-refractivity contribution >= 4 is 41.3 Å². The fourth-order valence-corrected chi connectivity index (χ4v) is 3.70. The number of piperidine rings is 1. The van der Waals surface area contributed by atoms with Crippen LogP contribution in [0, 0.1) is 5.92 Å². The second kappa shape index (κ2) is 12.9. The molecule has 1 atom stereocenters. The van der Waals surface area contributed by atoms with Crippen molar-refractivity contribution < 1.29 is 0 Å². The van der Waals surface area contributed by atoms with Crippen molar-refractivity contribution in [2.45, 2.75) is 39.5 Å². The van der Waals surface area contributed by atoms with Gasteiger partial charge in [0.2, 0.25) is 0 Å². The molecule has 1 fully saturated rings. The van der Waals surface area contributed by atoms with E-state index in [0.29, 0.717) is 5.92 Å². The van der Waals surface area contributed by atoms with E-state index in [1.807, 2.05) is 11.3 Å². The van der Waals surface area contributed by atoms with E-state index in [2.05, 4.69) is 46.9 Å². The maximum atomic E-state index is 4.77. The van der Waals surface area contributed by atoms with E-state index in [0.717, 1.165) is 32.0 Å². The molecule has 1 unspecified atom stereocenters. The smallest absolute Gasteiger partial charge is 0.191 e. The molecule has 2 N–H and O–H groups in total. The normalized spacial score (nSPS) is 17.2. The summed E-state index contributed by atoms with van der Waals surface area (Å²) in [6, 6.07) is 4.30. The number of hydrogen-bond donors (Lipinski definition) is 2. The van der Waals surface area contributed by atoms with E-state index in [-0.39, 0.29) is 24.0 Å².